The molecule has 7 heteroatoms. The van der Waals surface area contributed by atoms with Crippen molar-refractivity contribution >= 4 is 0 Å². The number of rotatable bonds is 4. The molecule has 0 radical (unpaired) electrons. The smallest absolute Gasteiger partial charge is 0.231 e. The molecule has 148 valence electrons. The molecule has 7 nitrogen and oxygen atoms in total. The van der Waals surface area contributed by atoms with Crippen molar-refractivity contribution in [2.75, 3.05) is 34.3 Å². The molecule has 0 bridgehead atoms. The highest BCUT2D eigenvalue weighted by Crippen LogP contribution is 2.51. The van der Waals surface area contributed by atoms with E-state index in [2.05, 4.69) is 11.9 Å². The minimum absolute atomic E-state index is 0.00590. The van der Waals surface area contributed by atoms with Crippen LogP contribution in [0.2, 0.25) is 0 Å². The summed E-state index contributed by atoms with van der Waals surface area (Å²) in [6.45, 7) is 1.32. The average Bonchev–Trinajstić information content (AvgIpc) is 3.36. The number of nitrogens with zero attached hydrogens (tertiary/aromatic N) is 1. The van der Waals surface area contributed by atoms with Crippen LogP contribution in [0.25, 0.3) is 0 Å². The van der Waals surface area contributed by atoms with Gasteiger partial charge in [-0.2, -0.15) is 0 Å². The molecular formula is C21H23NO6. The maximum absolute atomic E-state index is 11.0. The van der Waals surface area contributed by atoms with E-state index in [1.807, 2.05) is 24.3 Å². The van der Waals surface area contributed by atoms with Gasteiger partial charge in [-0.15, -0.1) is 0 Å². The second-order valence-electron chi connectivity index (χ2n) is 7.33. The zero-order chi connectivity index (χ0) is 19.3. The van der Waals surface area contributed by atoms with Crippen molar-refractivity contribution in [1.82, 2.24) is 4.90 Å². The molecule has 0 saturated heterocycles. The standard InChI is InChI=1S/C21H23NO6/c1-22-6-5-13-8-18-20(28-11-27-18)21(24-2)19(13)14(22)9-15(23)12-3-4-16-17(7-12)26-10-25-16/h3-4,7-8,14-15,23H,5-6,9-11H2,1-2H3. The number of aliphatic hydroxyl groups is 1. The minimum Gasteiger partial charge on any atom is -0.492 e. The second kappa shape index (κ2) is 6.76. The zero-order valence-corrected chi connectivity index (χ0v) is 15.9. The van der Waals surface area contributed by atoms with Gasteiger partial charge in [0.05, 0.1) is 13.2 Å². The van der Waals surface area contributed by atoms with Gasteiger partial charge in [0.25, 0.3) is 0 Å². The number of ether oxygens (including phenoxy) is 5. The molecular weight excluding hydrogens is 362 g/mol. The third-order valence-corrected chi connectivity index (χ3v) is 5.77. The fraction of sp³-hybridized carbons (Fsp3) is 0.429. The lowest BCUT2D eigenvalue weighted by atomic mass is 9.87. The highest BCUT2D eigenvalue weighted by Gasteiger charge is 2.35. The molecule has 5 rings (SSSR count). The fourth-order valence-corrected chi connectivity index (χ4v) is 4.29. The summed E-state index contributed by atoms with van der Waals surface area (Å²) in [5.74, 6) is 3.48. The van der Waals surface area contributed by atoms with Crippen LogP contribution in [-0.2, 0) is 6.42 Å². The zero-order valence-electron chi connectivity index (χ0n) is 15.9. The Bertz CT molecular complexity index is 914. The topological polar surface area (TPSA) is 69.6 Å². The van der Waals surface area contributed by atoms with Crippen LogP contribution in [0.5, 0.6) is 28.7 Å². The third kappa shape index (κ3) is 2.73. The van der Waals surface area contributed by atoms with Crippen LogP contribution in [-0.4, -0.2) is 44.3 Å². The number of hydrogen-bond donors (Lipinski definition) is 1. The summed E-state index contributed by atoms with van der Waals surface area (Å²) in [5.41, 5.74) is 3.06. The second-order valence-corrected chi connectivity index (χ2v) is 7.33. The SMILES string of the molecule is COc1c2c(cc3c1C(CC(O)c1ccc4c(c1)OCO4)N(C)CC3)OCO2. The molecule has 0 aliphatic carbocycles. The van der Waals surface area contributed by atoms with E-state index in [-0.39, 0.29) is 19.6 Å². The summed E-state index contributed by atoms with van der Waals surface area (Å²) < 4.78 is 27.8. The van der Waals surface area contributed by atoms with E-state index in [0.717, 1.165) is 29.8 Å². The predicted molar refractivity (Wildman–Crippen MR) is 100 cm³/mol. The number of hydrogen-bond acceptors (Lipinski definition) is 7. The van der Waals surface area contributed by atoms with Crippen molar-refractivity contribution < 1.29 is 28.8 Å². The molecule has 3 heterocycles. The first-order valence-electron chi connectivity index (χ1n) is 9.43. The highest BCUT2D eigenvalue weighted by atomic mass is 16.7. The van der Waals surface area contributed by atoms with Crippen LogP contribution in [0.3, 0.4) is 0 Å². The van der Waals surface area contributed by atoms with E-state index < -0.39 is 6.10 Å². The van der Waals surface area contributed by atoms with Gasteiger partial charge in [-0.3, -0.25) is 4.90 Å². The normalized spacial score (nSPS) is 20.8. The highest BCUT2D eigenvalue weighted by molar-refractivity contribution is 5.61. The van der Waals surface area contributed by atoms with Gasteiger partial charge in [-0.25, -0.2) is 0 Å². The largest absolute Gasteiger partial charge is 0.492 e. The third-order valence-electron chi connectivity index (χ3n) is 5.77. The van der Waals surface area contributed by atoms with Crippen LogP contribution in [0.4, 0.5) is 0 Å². The Kier molecular flexibility index (Phi) is 4.21. The van der Waals surface area contributed by atoms with Gasteiger partial charge in [0, 0.05) is 18.2 Å². The molecule has 3 aliphatic rings. The van der Waals surface area contributed by atoms with E-state index in [1.54, 1.807) is 7.11 Å². The summed E-state index contributed by atoms with van der Waals surface area (Å²) in [5, 5.41) is 11.0. The lowest BCUT2D eigenvalue weighted by Gasteiger charge is -2.37. The number of likely N-dealkylation sites (N-methyl/N-ethyl adjacent to an activating group) is 1. The molecule has 0 spiro atoms. The Morgan fingerprint density at radius 1 is 1.11 bits per heavy atom. The molecule has 1 N–H and O–H groups in total. The molecule has 2 unspecified atom stereocenters. The Labute approximate surface area is 163 Å². The minimum atomic E-state index is -0.650. The van der Waals surface area contributed by atoms with Crippen molar-refractivity contribution in [3.8, 4) is 28.7 Å². The molecule has 0 fully saturated rings. The van der Waals surface area contributed by atoms with Crippen LogP contribution in [0, 0.1) is 0 Å². The number of aliphatic hydroxyl groups excluding tert-OH is 1. The maximum Gasteiger partial charge on any atom is 0.231 e. The first-order chi connectivity index (χ1) is 13.7. The molecule has 2 aromatic carbocycles. The van der Waals surface area contributed by atoms with E-state index in [9.17, 15) is 5.11 Å². The summed E-state index contributed by atoms with van der Waals surface area (Å²) in [4.78, 5) is 2.25. The van der Waals surface area contributed by atoms with E-state index in [4.69, 9.17) is 23.7 Å². The van der Waals surface area contributed by atoms with Gasteiger partial charge in [0.1, 0.15) is 0 Å². The molecule has 0 aromatic heterocycles. The first kappa shape index (κ1) is 17.5. The first-order valence-corrected chi connectivity index (χ1v) is 9.43. The van der Waals surface area contributed by atoms with Crippen LogP contribution in [0.1, 0.15) is 35.3 Å². The Morgan fingerprint density at radius 3 is 2.75 bits per heavy atom. The van der Waals surface area contributed by atoms with Gasteiger partial charge in [0.2, 0.25) is 19.3 Å². The van der Waals surface area contributed by atoms with Gasteiger partial charge in [-0.05, 0) is 49.2 Å². The van der Waals surface area contributed by atoms with Crippen molar-refractivity contribution in [2.24, 2.45) is 0 Å². The van der Waals surface area contributed by atoms with E-state index >= 15 is 0 Å². The Hall–Kier alpha value is -2.64. The molecule has 2 aromatic rings. The number of methoxy groups -OCH3 is 1. The lowest BCUT2D eigenvalue weighted by molar-refractivity contribution is 0.107. The van der Waals surface area contributed by atoms with Gasteiger partial charge in [-0.1, -0.05) is 6.07 Å². The lowest BCUT2D eigenvalue weighted by Crippen LogP contribution is -2.33. The summed E-state index contributed by atoms with van der Waals surface area (Å²) in [6.07, 6.45) is 0.775. The van der Waals surface area contributed by atoms with Crippen molar-refractivity contribution in [2.45, 2.75) is 25.0 Å². The predicted octanol–water partition coefficient (Wildman–Crippen LogP) is 2.81. The van der Waals surface area contributed by atoms with Crippen LogP contribution in [0.15, 0.2) is 24.3 Å². The van der Waals surface area contributed by atoms with E-state index in [1.165, 1.54) is 5.56 Å². The fourth-order valence-electron chi connectivity index (χ4n) is 4.29. The summed E-state index contributed by atoms with van der Waals surface area (Å²) in [7, 11) is 3.72. The van der Waals surface area contributed by atoms with Crippen LogP contribution >= 0.6 is 0 Å². The number of benzene rings is 2. The summed E-state index contributed by atoms with van der Waals surface area (Å²) >= 11 is 0. The molecule has 2 atom stereocenters. The summed E-state index contributed by atoms with van der Waals surface area (Å²) in [6, 6.07) is 7.63. The molecule has 0 amide bonds. The van der Waals surface area contributed by atoms with Gasteiger partial charge in [0.15, 0.2) is 23.0 Å². The number of fused-ring (bicyclic) bond motifs is 3. The average molecular weight is 385 g/mol. The van der Waals surface area contributed by atoms with Gasteiger partial charge >= 0.3 is 0 Å². The Morgan fingerprint density at radius 2 is 1.89 bits per heavy atom. The molecule has 3 aliphatic heterocycles. The monoisotopic (exact) mass is 385 g/mol. The van der Waals surface area contributed by atoms with E-state index in [0.29, 0.717) is 29.4 Å². The molecule has 28 heavy (non-hydrogen) atoms. The quantitative estimate of drug-likeness (QED) is 0.868. The maximum atomic E-state index is 11.0. The van der Waals surface area contributed by atoms with Crippen LogP contribution < -0.4 is 23.7 Å². The molecule has 0 saturated carbocycles. The Balaban J connectivity index is 1.49. The van der Waals surface area contributed by atoms with Crippen molar-refractivity contribution in [3.63, 3.8) is 0 Å². The van der Waals surface area contributed by atoms with Crippen molar-refractivity contribution in [1.29, 1.82) is 0 Å². The van der Waals surface area contributed by atoms with Gasteiger partial charge < -0.3 is 28.8 Å². The van der Waals surface area contributed by atoms with Crippen molar-refractivity contribution in [3.05, 3.63) is 41.0 Å².